The molecule has 1 aromatic rings. The predicted octanol–water partition coefficient (Wildman–Crippen LogP) is -0.0783. The van der Waals surface area contributed by atoms with Crippen LogP contribution in [0.3, 0.4) is 0 Å². The minimum absolute atomic E-state index is 0.299. The third-order valence-corrected chi connectivity index (χ3v) is 2.76. The summed E-state index contributed by atoms with van der Waals surface area (Å²) in [5.74, 6) is -1.18. The van der Waals surface area contributed by atoms with E-state index in [1.54, 1.807) is 31.2 Å². The summed E-state index contributed by atoms with van der Waals surface area (Å²) in [4.78, 5) is 35.3. The Kier molecular flexibility index (Phi) is 3.12. The fourth-order valence-corrected chi connectivity index (χ4v) is 1.78. The number of likely N-dealkylation sites (N-methyl/N-ethyl adjacent to an activating group) is 1. The van der Waals surface area contributed by atoms with Crippen molar-refractivity contribution >= 4 is 17.7 Å². The van der Waals surface area contributed by atoms with E-state index in [4.69, 9.17) is 0 Å². The summed E-state index contributed by atoms with van der Waals surface area (Å²) in [6.07, 6.45) is 0. The van der Waals surface area contributed by atoms with Crippen LogP contribution in [0.2, 0.25) is 0 Å². The monoisotopic (exact) mass is 247 g/mol. The van der Waals surface area contributed by atoms with Gasteiger partial charge in [-0.3, -0.25) is 14.4 Å². The van der Waals surface area contributed by atoms with Crippen molar-refractivity contribution in [1.29, 1.82) is 0 Å². The molecule has 94 valence electrons. The number of benzene rings is 1. The average molecular weight is 247 g/mol. The quantitative estimate of drug-likeness (QED) is 0.732. The molecule has 6 nitrogen and oxygen atoms in total. The Balaban J connectivity index is 2.21. The van der Waals surface area contributed by atoms with E-state index in [1.807, 2.05) is 0 Å². The van der Waals surface area contributed by atoms with Crippen LogP contribution >= 0.6 is 0 Å². The second kappa shape index (κ2) is 4.58. The molecule has 1 aliphatic rings. The van der Waals surface area contributed by atoms with Gasteiger partial charge >= 0.3 is 0 Å². The van der Waals surface area contributed by atoms with Gasteiger partial charge in [0.1, 0.15) is 6.04 Å². The molecule has 2 N–H and O–H groups in total. The van der Waals surface area contributed by atoms with E-state index in [9.17, 15) is 14.4 Å². The molecule has 1 heterocycles. The van der Waals surface area contributed by atoms with Crippen molar-refractivity contribution in [2.75, 3.05) is 7.05 Å². The maximum absolute atomic E-state index is 12.0. The SMILES string of the molecule is CNC(=O)[C@H](C)NN1C(=O)c2ccccc2C1=O. The minimum Gasteiger partial charge on any atom is -0.358 e. The number of fused-ring (bicyclic) bond motifs is 1. The van der Waals surface area contributed by atoms with Gasteiger partial charge in [0.25, 0.3) is 11.8 Å². The molecule has 0 bridgehead atoms. The van der Waals surface area contributed by atoms with Crippen molar-refractivity contribution in [2.45, 2.75) is 13.0 Å². The van der Waals surface area contributed by atoms with E-state index in [2.05, 4.69) is 10.7 Å². The number of hydrogen-bond acceptors (Lipinski definition) is 4. The third kappa shape index (κ3) is 1.86. The van der Waals surface area contributed by atoms with Crippen molar-refractivity contribution in [2.24, 2.45) is 0 Å². The van der Waals surface area contributed by atoms with Gasteiger partial charge in [-0.1, -0.05) is 12.1 Å². The van der Waals surface area contributed by atoms with Crippen LogP contribution in [0.1, 0.15) is 27.6 Å². The summed E-state index contributed by atoms with van der Waals surface area (Å²) in [7, 11) is 1.49. The average Bonchev–Trinajstić information content (AvgIpc) is 2.63. The summed E-state index contributed by atoms with van der Waals surface area (Å²) in [5.41, 5.74) is 3.29. The summed E-state index contributed by atoms with van der Waals surface area (Å²) in [6.45, 7) is 1.57. The van der Waals surface area contributed by atoms with E-state index < -0.39 is 17.9 Å². The number of nitrogens with zero attached hydrogens (tertiary/aromatic N) is 1. The van der Waals surface area contributed by atoms with Crippen LogP contribution in [0, 0.1) is 0 Å². The Morgan fingerprint density at radius 1 is 1.17 bits per heavy atom. The number of nitrogens with one attached hydrogen (secondary N) is 2. The predicted molar refractivity (Wildman–Crippen MR) is 63.6 cm³/mol. The molecule has 0 spiro atoms. The number of rotatable bonds is 3. The molecule has 18 heavy (non-hydrogen) atoms. The summed E-state index contributed by atoms with van der Waals surface area (Å²) < 4.78 is 0. The van der Waals surface area contributed by atoms with Crippen LogP contribution in [0.4, 0.5) is 0 Å². The minimum atomic E-state index is -0.669. The van der Waals surface area contributed by atoms with Gasteiger partial charge in [0.2, 0.25) is 5.91 Å². The molecule has 1 aliphatic heterocycles. The van der Waals surface area contributed by atoms with Gasteiger partial charge in [0.15, 0.2) is 0 Å². The highest BCUT2D eigenvalue weighted by molar-refractivity contribution is 6.21. The highest BCUT2D eigenvalue weighted by atomic mass is 16.2. The van der Waals surface area contributed by atoms with Gasteiger partial charge in [0, 0.05) is 7.05 Å². The molecule has 3 amide bonds. The first-order valence-corrected chi connectivity index (χ1v) is 5.52. The van der Waals surface area contributed by atoms with Crippen molar-refractivity contribution in [3.05, 3.63) is 35.4 Å². The molecule has 0 aromatic heterocycles. The van der Waals surface area contributed by atoms with Crippen LogP contribution in [0.5, 0.6) is 0 Å². The maximum Gasteiger partial charge on any atom is 0.276 e. The number of carbonyl (C=O) groups excluding carboxylic acids is 3. The fourth-order valence-electron chi connectivity index (χ4n) is 1.78. The first kappa shape index (κ1) is 12.3. The van der Waals surface area contributed by atoms with Gasteiger partial charge in [-0.15, -0.1) is 0 Å². The molecule has 0 unspecified atom stereocenters. The number of hydrogen-bond donors (Lipinski definition) is 2. The zero-order valence-corrected chi connectivity index (χ0v) is 10.1. The molecule has 0 aliphatic carbocycles. The lowest BCUT2D eigenvalue weighted by atomic mass is 10.1. The maximum atomic E-state index is 12.0. The van der Waals surface area contributed by atoms with Crippen LogP contribution in [0.15, 0.2) is 24.3 Å². The highest BCUT2D eigenvalue weighted by Crippen LogP contribution is 2.20. The molecular weight excluding hydrogens is 234 g/mol. The van der Waals surface area contributed by atoms with Gasteiger partial charge < -0.3 is 5.32 Å². The summed E-state index contributed by atoms with van der Waals surface area (Å²) in [6, 6.07) is 5.88. The summed E-state index contributed by atoms with van der Waals surface area (Å²) in [5, 5.41) is 3.32. The highest BCUT2D eigenvalue weighted by Gasteiger charge is 2.36. The Bertz CT molecular complexity index is 492. The van der Waals surface area contributed by atoms with E-state index in [0.29, 0.717) is 11.1 Å². The smallest absolute Gasteiger partial charge is 0.276 e. The molecule has 0 fully saturated rings. The van der Waals surface area contributed by atoms with Crippen LogP contribution in [0.25, 0.3) is 0 Å². The van der Waals surface area contributed by atoms with E-state index in [1.165, 1.54) is 7.05 Å². The number of carbonyl (C=O) groups is 3. The lowest BCUT2D eigenvalue weighted by molar-refractivity contribution is -0.123. The largest absolute Gasteiger partial charge is 0.358 e. The molecule has 6 heteroatoms. The van der Waals surface area contributed by atoms with Gasteiger partial charge in [0.05, 0.1) is 11.1 Å². The molecule has 1 aromatic carbocycles. The molecular formula is C12H13N3O3. The normalized spacial score (nSPS) is 15.6. The first-order chi connectivity index (χ1) is 8.56. The van der Waals surface area contributed by atoms with Crippen LogP contribution < -0.4 is 10.7 Å². The van der Waals surface area contributed by atoms with Crippen LogP contribution in [-0.4, -0.2) is 35.8 Å². The van der Waals surface area contributed by atoms with Crippen molar-refractivity contribution in [3.63, 3.8) is 0 Å². The van der Waals surface area contributed by atoms with Gasteiger partial charge in [-0.25, -0.2) is 10.4 Å². The number of hydrazine groups is 1. The Hall–Kier alpha value is -2.21. The standard InChI is InChI=1S/C12H13N3O3/c1-7(10(16)13-2)14-15-11(17)8-5-3-4-6-9(8)12(15)18/h3-7,14H,1-2H3,(H,13,16)/t7-/m0/s1. The molecule has 1 atom stereocenters. The molecule has 0 saturated heterocycles. The zero-order valence-electron chi connectivity index (χ0n) is 10.1. The second-order valence-electron chi connectivity index (χ2n) is 3.96. The molecule has 0 radical (unpaired) electrons. The molecule has 0 saturated carbocycles. The lowest BCUT2D eigenvalue weighted by Crippen LogP contribution is -2.52. The zero-order chi connectivity index (χ0) is 13.3. The van der Waals surface area contributed by atoms with Crippen molar-refractivity contribution < 1.29 is 14.4 Å². The van der Waals surface area contributed by atoms with E-state index in [0.717, 1.165) is 5.01 Å². The Morgan fingerprint density at radius 3 is 2.11 bits per heavy atom. The van der Waals surface area contributed by atoms with Crippen molar-refractivity contribution in [1.82, 2.24) is 15.8 Å². The van der Waals surface area contributed by atoms with E-state index >= 15 is 0 Å². The first-order valence-electron chi connectivity index (χ1n) is 5.52. The second-order valence-corrected chi connectivity index (χ2v) is 3.96. The number of amides is 3. The Labute approximate surface area is 104 Å². The summed E-state index contributed by atoms with van der Waals surface area (Å²) >= 11 is 0. The van der Waals surface area contributed by atoms with Crippen molar-refractivity contribution in [3.8, 4) is 0 Å². The third-order valence-electron chi connectivity index (χ3n) is 2.76. The number of imide groups is 1. The van der Waals surface area contributed by atoms with Gasteiger partial charge in [-0.2, -0.15) is 0 Å². The van der Waals surface area contributed by atoms with E-state index in [-0.39, 0.29) is 5.91 Å². The fraction of sp³-hybridized carbons (Fsp3) is 0.250. The Morgan fingerprint density at radius 2 is 1.67 bits per heavy atom. The lowest BCUT2D eigenvalue weighted by Gasteiger charge is -2.19. The molecule has 2 rings (SSSR count). The topological polar surface area (TPSA) is 78.5 Å². The van der Waals surface area contributed by atoms with Crippen LogP contribution in [-0.2, 0) is 4.79 Å². The van der Waals surface area contributed by atoms with Gasteiger partial charge in [-0.05, 0) is 19.1 Å².